The molecule has 0 fully saturated rings. The molecule has 1 heterocycles. The number of nitrogens with one attached hydrogen (secondary N) is 1. The van der Waals surface area contributed by atoms with Crippen LogP contribution in [0.5, 0.6) is 0 Å². The van der Waals surface area contributed by atoms with E-state index in [4.69, 9.17) is 0 Å². The van der Waals surface area contributed by atoms with E-state index in [0.717, 1.165) is 16.3 Å². The van der Waals surface area contributed by atoms with E-state index in [0.29, 0.717) is 5.82 Å². The number of aromatic nitrogens is 1. The van der Waals surface area contributed by atoms with E-state index in [9.17, 15) is 13.2 Å². The summed E-state index contributed by atoms with van der Waals surface area (Å²) >= 11 is 0. The monoisotopic (exact) mass is 257 g/mol. The van der Waals surface area contributed by atoms with Crippen molar-refractivity contribution in [1.29, 1.82) is 0 Å². The van der Waals surface area contributed by atoms with E-state index in [-0.39, 0.29) is 6.54 Å². The Bertz CT molecular complexity index is 513. The van der Waals surface area contributed by atoms with Crippen molar-refractivity contribution in [3.63, 3.8) is 0 Å². The van der Waals surface area contributed by atoms with Crippen LogP contribution in [0.4, 0.5) is 5.82 Å². The summed E-state index contributed by atoms with van der Waals surface area (Å²) < 4.78 is 23.2. The van der Waals surface area contributed by atoms with Crippen LogP contribution in [0, 0.1) is 6.92 Å². The zero-order valence-corrected chi connectivity index (χ0v) is 10.8. The number of carbonyl (C=O) groups excluding carboxylic acids is 1. The van der Waals surface area contributed by atoms with Gasteiger partial charge in [0.1, 0.15) is 5.82 Å². The third kappa shape index (κ3) is 4.49. The molecule has 94 valence electrons. The number of hydrogen-bond donors (Lipinski definition) is 1. The SMILES string of the molecule is Cc1cccc(NC(=O)CN(C)S(C)(=O)=O)n1. The molecule has 1 N–H and O–H groups in total. The Kier molecular flexibility index (Phi) is 4.19. The van der Waals surface area contributed by atoms with Crippen molar-refractivity contribution < 1.29 is 13.2 Å². The van der Waals surface area contributed by atoms with Gasteiger partial charge in [0.2, 0.25) is 15.9 Å². The summed E-state index contributed by atoms with van der Waals surface area (Å²) in [6.45, 7) is 1.58. The van der Waals surface area contributed by atoms with E-state index < -0.39 is 15.9 Å². The Hall–Kier alpha value is -1.47. The van der Waals surface area contributed by atoms with Gasteiger partial charge in [-0.3, -0.25) is 4.79 Å². The molecule has 0 bridgehead atoms. The molecule has 1 aromatic rings. The number of carbonyl (C=O) groups is 1. The van der Waals surface area contributed by atoms with Crippen LogP contribution in [0.2, 0.25) is 0 Å². The summed E-state index contributed by atoms with van der Waals surface area (Å²) in [5, 5.41) is 2.53. The molecule has 1 amide bonds. The minimum absolute atomic E-state index is 0.228. The second-order valence-corrected chi connectivity index (χ2v) is 5.82. The Labute approximate surface area is 101 Å². The van der Waals surface area contributed by atoms with Crippen molar-refractivity contribution in [3.05, 3.63) is 23.9 Å². The van der Waals surface area contributed by atoms with E-state index in [1.165, 1.54) is 7.05 Å². The molecule has 0 atom stereocenters. The van der Waals surface area contributed by atoms with Gasteiger partial charge in [-0.05, 0) is 19.1 Å². The van der Waals surface area contributed by atoms with Crippen molar-refractivity contribution in [2.24, 2.45) is 0 Å². The highest BCUT2D eigenvalue weighted by atomic mass is 32.2. The van der Waals surface area contributed by atoms with E-state index in [1.807, 2.05) is 0 Å². The molecule has 0 saturated carbocycles. The molecule has 0 aromatic carbocycles. The second-order valence-electron chi connectivity index (χ2n) is 3.73. The molecular formula is C10H15N3O3S. The quantitative estimate of drug-likeness (QED) is 0.836. The number of aryl methyl sites for hydroxylation is 1. The first-order valence-electron chi connectivity index (χ1n) is 4.94. The molecule has 1 aromatic heterocycles. The minimum Gasteiger partial charge on any atom is -0.310 e. The number of nitrogens with zero attached hydrogens (tertiary/aromatic N) is 2. The smallest absolute Gasteiger partial charge is 0.240 e. The maximum Gasteiger partial charge on any atom is 0.240 e. The van der Waals surface area contributed by atoms with Gasteiger partial charge in [-0.1, -0.05) is 6.07 Å². The largest absolute Gasteiger partial charge is 0.310 e. The van der Waals surface area contributed by atoms with Crippen LogP contribution in [-0.2, 0) is 14.8 Å². The van der Waals surface area contributed by atoms with Gasteiger partial charge in [-0.2, -0.15) is 4.31 Å². The molecule has 6 nitrogen and oxygen atoms in total. The van der Waals surface area contributed by atoms with Crippen LogP contribution in [0.15, 0.2) is 18.2 Å². The Morgan fingerprint density at radius 1 is 1.47 bits per heavy atom. The lowest BCUT2D eigenvalue weighted by Crippen LogP contribution is -2.34. The van der Waals surface area contributed by atoms with Crippen LogP contribution in [0.1, 0.15) is 5.69 Å². The summed E-state index contributed by atoms with van der Waals surface area (Å²) in [6, 6.07) is 5.21. The van der Waals surface area contributed by atoms with Gasteiger partial charge in [0, 0.05) is 12.7 Å². The molecule has 0 aliphatic carbocycles. The summed E-state index contributed by atoms with van der Waals surface area (Å²) in [4.78, 5) is 15.6. The predicted octanol–water partition coefficient (Wildman–Crippen LogP) is 0.220. The number of sulfonamides is 1. The van der Waals surface area contributed by atoms with Gasteiger partial charge in [0.05, 0.1) is 12.8 Å². The number of rotatable bonds is 4. The molecule has 0 unspecified atom stereocenters. The molecule has 0 aliphatic rings. The van der Waals surface area contributed by atoms with E-state index in [2.05, 4.69) is 10.3 Å². The molecule has 0 radical (unpaired) electrons. The summed E-state index contributed by atoms with van der Waals surface area (Å²) in [5.74, 6) is -0.00655. The zero-order chi connectivity index (χ0) is 13.1. The highest BCUT2D eigenvalue weighted by Gasteiger charge is 2.15. The van der Waals surface area contributed by atoms with Crippen molar-refractivity contribution in [2.45, 2.75) is 6.92 Å². The predicted molar refractivity (Wildman–Crippen MR) is 65.1 cm³/mol. The molecule has 0 saturated heterocycles. The molecular weight excluding hydrogens is 242 g/mol. The topological polar surface area (TPSA) is 79.4 Å². The Balaban J connectivity index is 2.62. The number of amides is 1. The number of likely N-dealkylation sites (N-methyl/N-ethyl adjacent to an activating group) is 1. The zero-order valence-electron chi connectivity index (χ0n) is 9.97. The van der Waals surface area contributed by atoms with Crippen LogP contribution in [0.25, 0.3) is 0 Å². The van der Waals surface area contributed by atoms with Crippen molar-refractivity contribution in [2.75, 3.05) is 25.2 Å². The maximum atomic E-state index is 11.5. The van der Waals surface area contributed by atoms with E-state index >= 15 is 0 Å². The normalized spacial score (nSPS) is 11.5. The Morgan fingerprint density at radius 3 is 2.65 bits per heavy atom. The minimum atomic E-state index is -3.35. The highest BCUT2D eigenvalue weighted by molar-refractivity contribution is 7.88. The first-order valence-corrected chi connectivity index (χ1v) is 6.78. The van der Waals surface area contributed by atoms with Crippen molar-refractivity contribution in [3.8, 4) is 0 Å². The average molecular weight is 257 g/mol. The summed E-state index contributed by atoms with van der Waals surface area (Å²) in [7, 11) is -2.00. The van der Waals surface area contributed by atoms with Crippen LogP contribution in [-0.4, -0.2) is 43.5 Å². The number of hydrogen-bond acceptors (Lipinski definition) is 4. The molecule has 0 aliphatic heterocycles. The standard InChI is InChI=1S/C10H15N3O3S/c1-8-5-4-6-9(11-8)12-10(14)7-13(2)17(3,15)16/h4-6H,7H2,1-3H3,(H,11,12,14). The fraction of sp³-hybridized carbons (Fsp3) is 0.400. The third-order valence-electron chi connectivity index (χ3n) is 2.09. The van der Waals surface area contributed by atoms with Crippen LogP contribution >= 0.6 is 0 Å². The first-order chi connectivity index (χ1) is 7.79. The fourth-order valence-electron chi connectivity index (χ4n) is 1.11. The second kappa shape index (κ2) is 5.24. The first kappa shape index (κ1) is 13.6. The molecule has 17 heavy (non-hydrogen) atoms. The van der Waals surface area contributed by atoms with Gasteiger partial charge in [0.25, 0.3) is 0 Å². The van der Waals surface area contributed by atoms with Gasteiger partial charge in [0.15, 0.2) is 0 Å². The number of pyridine rings is 1. The van der Waals surface area contributed by atoms with Crippen molar-refractivity contribution in [1.82, 2.24) is 9.29 Å². The lowest BCUT2D eigenvalue weighted by atomic mass is 10.4. The molecule has 0 spiro atoms. The average Bonchev–Trinajstić information content (AvgIpc) is 2.15. The molecule has 1 rings (SSSR count). The van der Waals surface area contributed by atoms with Gasteiger partial charge < -0.3 is 5.32 Å². The highest BCUT2D eigenvalue weighted by Crippen LogP contribution is 2.04. The van der Waals surface area contributed by atoms with E-state index in [1.54, 1.807) is 25.1 Å². The summed E-state index contributed by atoms with van der Waals surface area (Å²) in [6.07, 6.45) is 1.05. The molecule has 7 heteroatoms. The van der Waals surface area contributed by atoms with Crippen LogP contribution < -0.4 is 5.32 Å². The van der Waals surface area contributed by atoms with Gasteiger partial charge in [-0.15, -0.1) is 0 Å². The number of anilines is 1. The third-order valence-corrected chi connectivity index (χ3v) is 3.35. The van der Waals surface area contributed by atoms with Gasteiger partial charge in [-0.25, -0.2) is 13.4 Å². The van der Waals surface area contributed by atoms with Crippen molar-refractivity contribution >= 4 is 21.7 Å². The lowest BCUT2D eigenvalue weighted by Gasteiger charge is -2.13. The van der Waals surface area contributed by atoms with Crippen LogP contribution in [0.3, 0.4) is 0 Å². The Morgan fingerprint density at radius 2 is 2.12 bits per heavy atom. The summed E-state index contributed by atoms with van der Waals surface area (Å²) in [5.41, 5.74) is 0.777. The fourth-order valence-corrected chi connectivity index (χ4v) is 1.47. The maximum absolute atomic E-state index is 11.5. The van der Waals surface area contributed by atoms with Gasteiger partial charge >= 0.3 is 0 Å². The lowest BCUT2D eigenvalue weighted by molar-refractivity contribution is -0.116.